The van der Waals surface area contributed by atoms with Crippen molar-refractivity contribution < 1.29 is 14.3 Å². The maximum Gasteiger partial charge on any atom is 0.317 e. The van der Waals surface area contributed by atoms with Gasteiger partial charge in [0.1, 0.15) is 0 Å². The van der Waals surface area contributed by atoms with E-state index < -0.39 is 5.79 Å². The molecule has 130 valence electrons. The lowest BCUT2D eigenvalue weighted by atomic mass is 10.0. The Morgan fingerprint density at radius 3 is 2.42 bits per heavy atom. The van der Waals surface area contributed by atoms with E-state index in [1.807, 2.05) is 23.1 Å². The Morgan fingerprint density at radius 2 is 1.83 bits per heavy atom. The molecule has 1 saturated carbocycles. The standard InChI is InChI=1S/C19H26N2O3/c1-14-13-16(14)17(15-5-3-2-4-6-15)20-18(22)21-9-7-19(8-10-21)23-11-12-24-19/h2-6,14,16-17H,7-13H2,1H3,(H,20,22). The van der Waals surface area contributed by atoms with Crippen LogP contribution in [0.5, 0.6) is 0 Å². The van der Waals surface area contributed by atoms with Gasteiger partial charge >= 0.3 is 6.03 Å². The highest BCUT2D eigenvalue weighted by Gasteiger charge is 2.43. The third-order valence-electron chi connectivity index (χ3n) is 5.66. The first-order chi connectivity index (χ1) is 11.7. The lowest BCUT2D eigenvalue weighted by molar-refractivity contribution is -0.181. The Morgan fingerprint density at radius 1 is 1.21 bits per heavy atom. The molecule has 1 spiro atoms. The number of nitrogens with one attached hydrogen (secondary N) is 1. The monoisotopic (exact) mass is 330 g/mol. The van der Waals surface area contributed by atoms with Crippen molar-refractivity contribution in [2.45, 2.75) is 38.0 Å². The topological polar surface area (TPSA) is 50.8 Å². The summed E-state index contributed by atoms with van der Waals surface area (Å²) in [6.07, 6.45) is 2.71. The van der Waals surface area contributed by atoms with Gasteiger partial charge in [0.15, 0.2) is 5.79 Å². The first kappa shape index (κ1) is 15.9. The van der Waals surface area contributed by atoms with Gasteiger partial charge in [-0.25, -0.2) is 4.79 Å². The number of ether oxygens (including phenoxy) is 2. The van der Waals surface area contributed by atoms with Gasteiger partial charge in [-0.2, -0.15) is 0 Å². The molecule has 1 aliphatic carbocycles. The molecule has 1 N–H and O–H groups in total. The second kappa shape index (κ2) is 6.37. The number of hydrogen-bond acceptors (Lipinski definition) is 3. The number of piperidine rings is 1. The summed E-state index contributed by atoms with van der Waals surface area (Å²) in [6, 6.07) is 10.5. The van der Waals surface area contributed by atoms with Crippen molar-refractivity contribution in [3.05, 3.63) is 35.9 Å². The van der Waals surface area contributed by atoms with E-state index in [2.05, 4.69) is 24.4 Å². The van der Waals surface area contributed by atoms with E-state index in [1.165, 1.54) is 12.0 Å². The molecule has 24 heavy (non-hydrogen) atoms. The Balaban J connectivity index is 1.39. The number of rotatable bonds is 3. The third kappa shape index (κ3) is 3.15. The zero-order valence-electron chi connectivity index (χ0n) is 14.2. The van der Waals surface area contributed by atoms with Crippen LogP contribution in [0.3, 0.4) is 0 Å². The molecule has 4 rings (SSSR count). The summed E-state index contributed by atoms with van der Waals surface area (Å²) < 4.78 is 11.5. The predicted octanol–water partition coefficient (Wildman–Crippen LogP) is 2.93. The molecule has 0 aromatic heterocycles. The number of likely N-dealkylation sites (tertiary alicyclic amines) is 1. The van der Waals surface area contributed by atoms with E-state index in [1.54, 1.807) is 0 Å². The van der Waals surface area contributed by atoms with E-state index in [4.69, 9.17) is 9.47 Å². The fourth-order valence-corrected chi connectivity index (χ4v) is 3.97. The van der Waals surface area contributed by atoms with Crippen molar-refractivity contribution in [2.75, 3.05) is 26.3 Å². The Kier molecular flexibility index (Phi) is 4.22. The van der Waals surface area contributed by atoms with E-state index in [-0.39, 0.29) is 12.1 Å². The summed E-state index contributed by atoms with van der Waals surface area (Å²) in [5, 5.41) is 3.28. The molecular weight excluding hydrogens is 304 g/mol. The quantitative estimate of drug-likeness (QED) is 0.927. The van der Waals surface area contributed by atoms with Crippen LogP contribution < -0.4 is 5.32 Å². The molecule has 1 aromatic carbocycles. The fraction of sp³-hybridized carbons (Fsp3) is 0.632. The van der Waals surface area contributed by atoms with Gasteiger partial charge in [0.05, 0.1) is 19.3 Å². The van der Waals surface area contributed by atoms with Gasteiger partial charge in [-0.15, -0.1) is 0 Å². The van der Waals surface area contributed by atoms with Crippen molar-refractivity contribution in [1.29, 1.82) is 0 Å². The van der Waals surface area contributed by atoms with E-state index >= 15 is 0 Å². The highest BCUT2D eigenvalue weighted by Crippen LogP contribution is 2.47. The van der Waals surface area contributed by atoms with Gasteiger partial charge in [0.2, 0.25) is 0 Å². The number of nitrogens with zero attached hydrogens (tertiary/aromatic N) is 1. The van der Waals surface area contributed by atoms with E-state index in [0.717, 1.165) is 12.8 Å². The van der Waals surface area contributed by atoms with Crippen LogP contribution in [0, 0.1) is 11.8 Å². The smallest absolute Gasteiger partial charge is 0.317 e. The summed E-state index contributed by atoms with van der Waals surface area (Å²) >= 11 is 0. The lowest BCUT2D eigenvalue weighted by Crippen LogP contribution is -2.51. The van der Waals surface area contributed by atoms with Crippen molar-refractivity contribution in [3.8, 4) is 0 Å². The predicted molar refractivity (Wildman–Crippen MR) is 90.4 cm³/mol. The Labute approximate surface area is 143 Å². The second-order valence-corrected chi connectivity index (χ2v) is 7.31. The van der Waals surface area contributed by atoms with Gasteiger partial charge in [-0.05, 0) is 23.8 Å². The van der Waals surface area contributed by atoms with Gasteiger partial charge in [0.25, 0.3) is 0 Å². The van der Waals surface area contributed by atoms with Crippen LogP contribution in [-0.2, 0) is 9.47 Å². The van der Waals surface area contributed by atoms with E-state index in [9.17, 15) is 4.79 Å². The molecule has 5 nitrogen and oxygen atoms in total. The minimum Gasteiger partial charge on any atom is -0.347 e. The first-order valence-corrected chi connectivity index (χ1v) is 9.05. The number of carbonyl (C=O) groups is 1. The van der Waals surface area contributed by atoms with Gasteiger partial charge in [-0.3, -0.25) is 0 Å². The number of hydrogen-bond donors (Lipinski definition) is 1. The summed E-state index contributed by atoms with van der Waals surface area (Å²) in [7, 11) is 0. The van der Waals surface area contributed by atoms with Crippen LogP contribution in [0.1, 0.15) is 37.8 Å². The summed E-state index contributed by atoms with van der Waals surface area (Å²) in [4.78, 5) is 14.7. The molecule has 1 aromatic rings. The molecule has 3 atom stereocenters. The summed E-state index contributed by atoms with van der Waals surface area (Å²) in [5.74, 6) is 0.801. The maximum absolute atomic E-state index is 12.8. The van der Waals surface area contributed by atoms with Crippen molar-refractivity contribution >= 4 is 6.03 Å². The number of benzene rings is 1. The van der Waals surface area contributed by atoms with Gasteiger partial charge in [0, 0.05) is 25.9 Å². The number of urea groups is 1. The molecule has 2 aliphatic heterocycles. The number of amides is 2. The normalized spacial score (nSPS) is 29.5. The average Bonchev–Trinajstić information content (AvgIpc) is 3.16. The molecule has 2 heterocycles. The maximum atomic E-state index is 12.8. The number of carbonyl (C=O) groups excluding carboxylic acids is 1. The molecular formula is C19H26N2O3. The minimum absolute atomic E-state index is 0.0378. The van der Waals surface area contributed by atoms with Gasteiger partial charge < -0.3 is 19.7 Å². The molecule has 0 bridgehead atoms. The highest BCUT2D eigenvalue weighted by molar-refractivity contribution is 5.75. The van der Waals surface area contributed by atoms with Crippen molar-refractivity contribution in [1.82, 2.24) is 10.2 Å². The summed E-state index contributed by atoms with van der Waals surface area (Å²) in [6.45, 7) is 4.97. The Hall–Kier alpha value is -1.59. The van der Waals surface area contributed by atoms with Gasteiger partial charge in [-0.1, -0.05) is 37.3 Å². The zero-order chi connectivity index (χ0) is 16.6. The molecule has 3 unspecified atom stereocenters. The van der Waals surface area contributed by atoms with E-state index in [0.29, 0.717) is 38.1 Å². The lowest BCUT2D eigenvalue weighted by Gasteiger charge is -2.38. The first-order valence-electron chi connectivity index (χ1n) is 9.05. The molecule has 0 radical (unpaired) electrons. The molecule has 3 aliphatic rings. The fourth-order valence-electron chi connectivity index (χ4n) is 3.97. The molecule has 3 fully saturated rings. The molecule has 2 saturated heterocycles. The molecule has 2 amide bonds. The summed E-state index contributed by atoms with van der Waals surface area (Å²) in [5.41, 5.74) is 1.20. The van der Waals surface area contributed by atoms with Crippen LogP contribution in [0.15, 0.2) is 30.3 Å². The Bertz CT molecular complexity index is 576. The van der Waals surface area contributed by atoms with Crippen molar-refractivity contribution in [2.24, 2.45) is 11.8 Å². The SMILES string of the molecule is CC1CC1C(NC(=O)N1CCC2(CC1)OCCO2)c1ccccc1. The zero-order valence-corrected chi connectivity index (χ0v) is 14.2. The second-order valence-electron chi connectivity index (χ2n) is 7.31. The van der Waals surface area contributed by atoms with Crippen LogP contribution in [-0.4, -0.2) is 43.0 Å². The molecule has 5 heteroatoms. The largest absolute Gasteiger partial charge is 0.347 e. The van der Waals surface area contributed by atoms with Crippen LogP contribution in [0.2, 0.25) is 0 Å². The average molecular weight is 330 g/mol. The van der Waals surface area contributed by atoms with Crippen molar-refractivity contribution in [3.63, 3.8) is 0 Å². The van der Waals surface area contributed by atoms with Crippen LogP contribution >= 0.6 is 0 Å². The minimum atomic E-state index is -0.430. The van der Waals surface area contributed by atoms with Crippen LogP contribution in [0.25, 0.3) is 0 Å². The third-order valence-corrected chi connectivity index (χ3v) is 5.66. The van der Waals surface area contributed by atoms with Crippen LogP contribution in [0.4, 0.5) is 4.79 Å². The highest BCUT2D eigenvalue weighted by atomic mass is 16.7.